The highest BCUT2D eigenvalue weighted by atomic mass is 16.5. The summed E-state index contributed by atoms with van der Waals surface area (Å²) in [5, 5.41) is 0. The maximum Gasteiger partial charge on any atom is 0.0594 e. The summed E-state index contributed by atoms with van der Waals surface area (Å²) in [6.45, 7) is 5.96. The van der Waals surface area contributed by atoms with Gasteiger partial charge >= 0.3 is 0 Å². The van der Waals surface area contributed by atoms with E-state index in [-0.39, 0.29) is 0 Å². The van der Waals surface area contributed by atoms with Crippen LogP contribution in [-0.4, -0.2) is 31.2 Å². The molecule has 1 aromatic rings. The number of rotatable bonds is 2. The highest BCUT2D eigenvalue weighted by molar-refractivity contribution is 5.40. The molecule has 0 saturated carbocycles. The van der Waals surface area contributed by atoms with Gasteiger partial charge in [-0.1, -0.05) is 12.1 Å². The van der Waals surface area contributed by atoms with Crippen molar-refractivity contribution in [2.75, 3.05) is 32.0 Å². The Balaban J connectivity index is 2.05. The van der Waals surface area contributed by atoms with Crippen LogP contribution in [0.25, 0.3) is 0 Å². The van der Waals surface area contributed by atoms with E-state index in [1.165, 1.54) is 5.56 Å². The molecule has 0 aromatic heterocycles. The van der Waals surface area contributed by atoms with Crippen LogP contribution in [0.5, 0.6) is 0 Å². The first-order chi connectivity index (χ1) is 7.27. The van der Waals surface area contributed by atoms with Gasteiger partial charge in [-0.2, -0.15) is 0 Å². The van der Waals surface area contributed by atoms with Gasteiger partial charge < -0.3 is 10.5 Å². The number of hydrogen-bond acceptors (Lipinski definition) is 3. The molecule has 15 heavy (non-hydrogen) atoms. The van der Waals surface area contributed by atoms with Gasteiger partial charge in [0.25, 0.3) is 0 Å². The Morgan fingerprint density at radius 2 is 1.80 bits per heavy atom. The van der Waals surface area contributed by atoms with E-state index in [1.807, 2.05) is 12.1 Å². The fourth-order valence-electron chi connectivity index (χ4n) is 1.95. The summed E-state index contributed by atoms with van der Waals surface area (Å²) >= 11 is 0. The average molecular weight is 206 g/mol. The molecule has 2 N–H and O–H groups in total. The van der Waals surface area contributed by atoms with Gasteiger partial charge in [-0.05, 0) is 24.6 Å². The van der Waals surface area contributed by atoms with Crippen molar-refractivity contribution in [2.24, 2.45) is 0 Å². The van der Waals surface area contributed by atoms with E-state index < -0.39 is 0 Å². The SMILES string of the molecule is C[C@H](c1ccc(N)cc1)N1CCOCC1. The second kappa shape index (κ2) is 4.64. The number of morpholine rings is 1. The zero-order valence-electron chi connectivity index (χ0n) is 9.15. The summed E-state index contributed by atoms with van der Waals surface area (Å²) in [6, 6.07) is 8.60. The summed E-state index contributed by atoms with van der Waals surface area (Å²) in [7, 11) is 0. The van der Waals surface area contributed by atoms with Gasteiger partial charge in [0.1, 0.15) is 0 Å². The highest BCUT2D eigenvalue weighted by Crippen LogP contribution is 2.21. The lowest BCUT2D eigenvalue weighted by Crippen LogP contribution is -2.37. The van der Waals surface area contributed by atoms with E-state index in [9.17, 15) is 0 Å². The van der Waals surface area contributed by atoms with Crippen molar-refractivity contribution in [3.8, 4) is 0 Å². The van der Waals surface area contributed by atoms with Gasteiger partial charge in [0, 0.05) is 24.8 Å². The number of nitrogen functional groups attached to an aromatic ring is 1. The molecule has 0 unspecified atom stereocenters. The number of nitrogens with two attached hydrogens (primary N) is 1. The Bertz CT molecular complexity index is 304. The molecule has 0 amide bonds. The zero-order chi connectivity index (χ0) is 10.7. The monoisotopic (exact) mass is 206 g/mol. The second-order valence-electron chi connectivity index (χ2n) is 3.99. The Labute approximate surface area is 90.8 Å². The van der Waals surface area contributed by atoms with E-state index in [1.54, 1.807) is 0 Å². The fourth-order valence-corrected chi connectivity index (χ4v) is 1.95. The largest absolute Gasteiger partial charge is 0.399 e. The molecule has 1 fully saturated rings. The molecule has 2 rings (SSSR count). The molecule has 3 heteroatoms. The van der Waals surface area contributed by atoms with Crippen molar-refractivity contribution < 1.29 is 4.74 Å². The van der Waals surface area contributed by atoms with Gasteiger partial charge in [-0.15, -0.1) is 0 Å². The van der Waals surface area contributed by atoms with Gasteiger partial charge in [-0.3, -0.25) is 4.90 Å². The van der Waals surface area contributed by atoms with Crippen molar-refractivity contribution in [3.63, 3.8) is 0 Å². The van der Waals surface area contributed by atoms with Crippen LogP contribution in [0.1, 0.15) is 18.5 Å². The average Bonchev–Trinajstić information content (AvgIpc) is 2.30. The lowest BCUT2D eigenvalue weighted by Gasteiger charge is -2.32. The summed E-state index contributed by atoms with van der Waals surface area (Å²) in [5.41, 5.74) is 7.82. The van der Waals surface area contributed by atoms with E-state index in [0.29, 0.717) is 6.04 Å². The van der Waals surface area contributed by atoms with Crippen LogP contribution in [0.15, 0.2) is 24.3 Å². The van der Waals surface area contributed by atoms with E-state index in [2.05, 4.69) is 24.0 Å². The Morgan fingerprint density at radius 1 is 1.20 bits per heavy atom. The van der Waals surface area contributed by atoms with Crippen LogP contribution < -0.4 is 5.73 Å². The molecule has 0 spiro atoms. The summed E-state index contributed by atoms with van der Waals surface area (Å²) in [4.78, 5) is 2.44. The Hall–Kier alpha value is -1.06. The van der Waals surface area contributed by atoms with E-state index in [4.69, 9.17) is 10.5 Å². The molecule has 1 aliphatic rings. The van der Waals surface area contributed by atoms with Crippen molar-refractivity contribution in [2.45, 2.75) is 13.0 Å². The normalized spacial score (nSPS) is 20.1. The molecule has 1 aliphatic heterocycles. The third kappa shape index (κ3) is 2.49. The standard InChI is InChI=1S/C12H18N2O/c1-10(14-6-8-15-9-7-14)11-2-4-12(13)5-3-11/h2-5,10H,6-9,13H2,1H3/t10-/m1/s1. The minimum atomic E-state index is 0.453. The highest BCUT2D eigenvalue weighted by Gasteiger charge is 2.17. The molecule has 82 valence electrons. The van der Waals surface area contributed by atoms with Crippen LogP contribution in [0.4, 0.5) is 5.69 Å². The maximum absolute atomic E-state index is 5.67. The molecule has 0 radical (unpaired) electrons. The number of anilines is 1. The Morgan fingerprint density at radius 3 is 2.40 bits per heavy atom. The first-order valence-corrected chi connectivity index (χ1v) is 5.44. The van der Waals surface area contributed by atoms with Gasteiger partial charge in [0.15, 0.2) is 0 Å². The van der Waals surface area contributed by atoms with Gasteiger partial charge in [0.2, 0.25) is 0 Å². The summed E-state index contributed by atoms with van der Waals surface area (Å²) < 4.78 is 5.34. The lowest BCUT2D eigenvalue weighted by atomic mass is 10.1. The van der Waals surface area contributed by atoms with Gasteiger partial charge in [0.05, 0.1) is 13.2 Å². The minimum absolute atomic E-state index is 0.453. The molecule has 1 aromatic carbocycles. The van der Waals surface area contributed by atoms with Crippen LogP contribution in [-0.2, 0) is 4.74 Å². The number of ether oxygens (including phenoxy) is 1. The molecule has 1 atom stereocenters. The number of hydrogen-bond donors (Lipinski definition) is 1. The number of nitrogens with zero attached hydrogens (tertiary/aromatic N) is 1. The predicted molar refractivity (Wildman–Crippen MR) is 61.7 cm³/mol. The molecule has 1 heterocycles. The smallest absolute Gasteiger partial charge is 0.0594 e. The van der Waals surface area contributed by atoms with Gasteiger partial charge in [-0.25, -0.2) is 0 Å². The quantitative estimate of drug-likeness (QED) is 0.748. The van der Waals surface area contributed by atoms with E-state index in [0.717, 1.165) is 32.0 Å². The Kier molecular flexibility index (Phi) is 3.23. The minimum Gasteiger partial charge on any atom is -0.399 e. The molecule has 0 aliphatic carbocycles. The molecule has 1 saturated heterocycles. The fraction of sp³-hybridized carbons (Fsp3) is 0.500. The third-order valence-electron chi connectivity index (χ3n) is 3.01. The molecular formula is C12H18N2O. The summed E-state index contributed by atoms with van der Waals surface area (Å²) in [5.74, 6) is 0. The van der Waals surface area contributed by atoms with Crippen LogP contribution in [0, 0.1) is 0 Å². The van der Waals surface area contributed by atoms with Crippen LogP contribution in [0.3, 0.4) is 0 Å². The topological polar surface area (TPSA) is 38.5 Å². The second-order valence-corrected chi connectivity index (χ2v) is 3.99. The van der Waals surface area contributed by atoms with Crippen LogP contribution >= 0.6 is 0 Å². The summed E-state index contributed by atoms with van der Waals surface area (Å²) in [6.07, 6.45) is 0. The lowest BCUT2D eigenvalue weighted by molar-refractivity contribution is 0.0198. The third-order valence-corrected chi connectivity index (χ3v) is 3.01. The van der Waals surface area contributed by atoms with Crippen molar-refractivity contribution in [1.29, 1.82) is 0 Å². The first kappa shape index (κ1) is 10.5. The zero-order valence-corrected chi connectivity index (χ0v) is 9.15. The molecule has 0 bridgehead atoms. The predicted octanol–water partition coefficient (Wildman–Crippen LogP) is 1.66. The number of benzene rings is 1. The molecular weight excluding hydrogens is 188 g/mol. The van der Waals surface area contributed by atoms with Crippen molar-refractivity contribution in [3.05, 3.63) is 29.8 Å². The van der Waals surface area contributed by atoms with Crippen molar-refractivity contribution in [1.82, 2.24) is 4.90 Å². The van der Waals surface area contributed by atoms with Crippen LogP contribution in [0.2, 0.25) is 0 Å². The first-order valence-electron chi connectivity index (χ1n) is 5.44. The molecule has 3 nitrogen and oxygen atoms in total. The van der Waals surface area contributed by atoms with E-state index >= 15 is 0 Å². The van der Waals surface area contributed by atoms with Crippen molar-refractivity contribution >= 4 is 5.69 Å². The maximum atomic E-state index is 5.67.